The molecule has 0 bridgehead atoms. The summed E-state index contributed by atoms with van der Waals surface area (Å²) in [5, 5.41) is 9.82. The van der Waals surface area contributed by atoms with E-state index >= 15 is 0 Å². The van der Waals surface area contributed by atoms with Gasteiger partial charge in [0.05, 0.1) is 13.2 Å². The molecule has 0 saturated heterocycles. The van der Waals surface area contributed by atoms with Crippen LogP contribution in [0.3, 0.4) is 0 Å². The Labute approximate surface area is 103 Å². The molecule has 2 atom stereocenters. The summed E-state index contributed by atoms with van der Waals surface area (Å²) in [7, 11) is 1.50. The molecule has 1 rings (SSSR count). The molecule has 3 nitrogen and oxygen atoms in total. The van der Waals surface area contributed by atoms with Crippen molar-refractivity contribution < 1.29 is 27.8 Å². The highest BCUT2D eigenvalue weighted by Crippen LogP contribution is 2.23. The molecule has 0 saturated carbocycles. The summed E-state index contributed by atoms with van der Waals surface area (Å²) in [6.45, 7) is 0.0159. The van der Waals surface area contributed by atoms with Crippen LogP contribution < -0.4 is 4.74 Å². The van der Waals surface area contributed by atoms with Crippen molar-refractivity contribution in [3.05, 3.63) is 29.8 Å². The van der Waals surface area contributed by atoms with Crippen molar-refractivity contribution in [2.24, 2.45) is 0 Å². The summed E-state index contributed by atoms with van der Waals surface area (Å²) >= 11 is 0. The van der Waals surface area contributed by atoms with E-state index in [1.807, 2.05) is 0 Å². The number of aliphatic hydroxyl groups excluding tert-OH is 1. The zero-order valence-electron chi connectivity index (χ0n) is 10.1. The lowest BCUT2D eigenvalue weighted by Gasteiger charge is -2.20. The second kappa shape index (κ2) is 6.06. The SMILES string of the molecule is COc1ccc(C(O)C(C)OCC(F)(F)F)cc1. The Hall–Kier alpha value is -1.27. The zero-order valence-corrected chi connectivity index (χ0v) is 10.1. The summed E-state index contributed by atoms with van der Waals surface area (Å²) in [4.78, 5) is 0. The number of methoxy groups -OCH3 is 1. The number of hydrogen-bond acceptors (Lipinski definition) is 3. The smallest absolute Gasteiger partial charge is 0.411 e. The van der Waals surface area contributed by atoms with Crippen LogP contribution in [0.1, 0.15) is 18.6 Å². The Morgan fingerprint density at radius 2 is 1.78 bits per heavy atom. The number of ether oxygens (including phenoxy) is 2. The molecule has 1 aromatic carbocycles. The minimum atomic E-state index is -4.39. The minimum Gasteiger partial charge on any atom is -0.497 e. The third kappa shape index (κ3) is 4.54. The predicted molar refractivity (Wildman–Crippen MR) is 59.4 cm³/mol. The highest BCUT2D eigenvalue weighted by atomic mass is 19.4. The predicted octanol–water partition coefficient (Wildman–Crippen LogP) is 2.70. The fraction of sp³-hybridized carbons (Fsp3) is 0.500. The Bertz CT molecular complexity index is 362. The second-order valence-electron chi connectivity index (χ2n) is 3.85. The molecule has 18 heavy (non-hydrogen) atoms. The quantitative estimate of drug-likeness (QED) is 0.888. The lowest BCUT2D eigenvalue weighted by atomic mass is 10.1. The normalized spacial score (nSPS) is 15.2. The van der Waals surface area contributed by atoms with E-state index in [1.165, 1.54) is 14.0 Å². The summed E-state index contributed by atoms with van der Waals surface area (Å²) in [6, 6.07) is 6.40. The van der Waals surface area contributed by atoms with Crippen LogP contribution in [0.5, 0.6) is 5.75 Å². The lowest BCUT2D eigenvalue weighted by Crippen LogP contribution is -2.25. The largest absolute Gasteiger partial charge is 0.497 e. The minimum absolute atomic E-state index is 0.477. The molecule has 0 fully saturated rings. The molecular formula is C12H15F3O3. The van der Waals surface area contributed by atoms with Crippen molar-refractivity contribution in [2.45, 2.75) is 25.3 Å². The lowest BCUT2D eigenvalue weighted by molar-refractivity contribution is -0.193. The molecule has 6 heteroatoms. The van der Waals surface area contributed by atoms with Gasteiger partial charge in [0.15, 0.2) is 0 Å². The fourth-order valence-electron chi connectivity index (χ4n) is 1.39. The van der Waals surface area contributed by atoms with Gasteiger partial charge in [0.1, 0.15) is 18.5 Å². The van der Waals surface area contributed by atoms with Gasteiger partial charge in [-0.3, -0.25) is 0 Å². The van der Waals surface area contributed by atoms with Gasteiger partial charge in [-0.1, -0.05) is 12.1 Å². The third-order valence-corrected chi connectivity index (χ3v) is 2.41. The van der Waals surface area contributed by atoms with Crippen LogP contribution in [0.2, 0.25) is 0 Å². The average Bonchev–Trinajstić information content (AvgIpc) is 2.34. The first-order valence-electron chi connectivity index (χ1n) is 5.34. The topological polar surface area (TPSA) is 38.7 Å². The van der Waals surface area contributed by atoms with Crippen LogP contribution in [0.15, 0.2) is 24.3 Å². The summed E-state index contributed by atoms with van der Waals surface area (Å²) in [5.41, 5.74) is 0.477. The van der Waals surface area contributed by atoms with E-state index in [-0.39, 0.29) is 0 Å². The van der Waals surface area contributed by atoms with Gasteiger partial charge in [0.2, 0.25) is 0 Å². The Morgan fingerprint density at radius 3 is 2.22 bits per heavy atom. The first-order chi connectivity index (χ1) is 8.33. The number of benzene rings is 1. The van der Waals surface area contributed by atoms with Crippen molar-refractivity contribution in [1.29, 1.82) is 0 Å². The summed E-state index contributed by atoms with van der Waals surface area (Å²) < 4.78 is 45.4. The van der Waals surface area contributed by atoms with Crippen LogP contribution in [0, 0.1) is 0 Å². The average molecular weight is 264 g/mol. The van der Waals surface area contributed by atoms with E-state index < -0.39 is 25.0 Å². The molecule has 102 valence electrons. The van der Waals surface area contributed by atoms with E-state index in [9.17, 15) is 18.3 Å². The molecule has 0 aliphatic rings. The second-order valence-corrected chi connectivity index (χ2v) is 3.85. The number of aliphatic hydroxyl groups is 1. The van der Waals surface area contributed by atoms with Crippen LogP contribution in [-0.4, -0.2) is 31.1 Å². The Balaban J connectivity index is 2.59. The molecule has 0 aliphatic carbocycles. The Morgan fingerprint density at radius 1 is 1.22 bits per heavy atom. The van der Waals surface area contributed by atoms with Crippen molar-refractivity contribution in [2.75, 3.05) is 13.7 Å². The third-order valence-electron chi connectivity index (χ3n) is 2.41. The number of halogens is 3. The maximum atomic E-state index is 12.0. The molecule has 0 heterocycles. The monoisotopic (exact) mass is 264 g/mol. The van der Waals surface area contributed by atoms with E-state index in [4.69, 9.17) is 4.74 Å². The van der Waals surface area contributed by atoms with Crippen molar-refractivity contribution in [3.8, 4) is 5.75 Å². The molecule has 1 N–H and O–H groups in total. The van der Waals surface area contributed by atoms with Gasteiger partial charge in [-0.25, -0.2) is 0 Å². The van der Waals surface area contributed by atoms with E-state index in [0.29, 0.717) is 11.3 Å². The fourth-order valence-corrected chi connectivity index (χ4v) is 1.39. The molecule has 0 radical (unpaired) electrons. The maximum Gasteiger partial charge on any atom is 0.411 e. The molecular weight excluding hydrogens is 249 g/mol. The molecule has 0 spiro atoms. The van der Waals surface area contributed by atoms with Crippen molar-refractivity contribution in [3.63, 3.8) is 0 Å². The van der Waals surface area contributed by atoms with Crippen molar-refractivity contribution in [1.82, 2.24) is 0 Å². The van der Waals surface area contributed by atoms with Gasteiger partial charge < -0.3 is 14.6 Å². The van der Waals surface area contributed by atoms with Gasteiger partial charge >= 0.3 is 6.18 Å². The van der Waals surface area contributed by atoms with Crippen LogP contribution in [0.25, 0.3) is 0 Å². The van der Waals surface area contributed by atoms with Crippen LogP contribution in [0.4, 0.5) is 13.2 Å². The first-order valence-corrected chi connectivity index (χ1v) is 5.34. The zero-order chi connectivity index (χ0) is 13.8. The van der Waals surface area contributed by atoms with E-state index in [2.05, 4.69) is 4.74 Å². The Kier molecular flexibility index (Phi) is 4.98. The highest BCUT2D eigenvalue weighted by molar-refractivity contribution is 5.28. The molecule has 0 aromatic heterocycles. The van der Waals surface area contributed by atoms with Gasteiger partial charge in [0.25, 0.3) is 0 Å². The van der Waals surface area contributed by atoms with Gasteiger partial charge in [-0.15, -0.1) is 0 Å². The standard InChI is InChI=1S/C12H15F3O3/c1-8(18-7-12(13,14)15)11(16)9-3-5-10(17-2)6-4-9/h3-6,8,11,16H,7H2,1-2H3. The van der Waals surface area contributed by atoms with Gasteiger partial charge in [-0.2, -0.15) is 13.2 Å². The summed E-state index contributed by atoms with van der Waals surface area (Å²) in [5.74, 6) is 0.606. The summed E-state index contributed by atoms with van der Waals surface area (Å²) in [6.07, 6.45) is -6.45. The van der Waals surface area contributed by atoms with Crippen LogP contribution in [-0.2, 0) is 4.74 Å². The molecule has 1 aromatic rings. The number of hydrogen-bond donors (Lipinski definition) is 1. The number of rotatable bonds is 5. The highest BCUT2D eigenvalue weighted by Gasteiger charge is 2.30. The molecule has 0 amide bonds. The van der Waals surface area contributed by atoms with Crippen LogP contribution >= 0.6 is 0 Å². The first kappa shape index (κ1) is 14.8. The maximum absolute atomic E-state index is 12.0. The molecule has 0 aliphatic heterocycles. The van der Waals surface area contributed by atoms with Gasteiger partial charge in [-0.05, 0) is 24.6 Å². The van der Waals surface area contributed by atoms with E-state index in [1.54, 1.807) is 24.3 Å². The molecule has 2 unspecified atom stereocenters. The van der Waals surface area contributed by atoms with E-state index in [0.717, 1.165) is 0 Å². The van der Waals surface area contributed by atoms with Gasteiger partial charge in [0, 0.05) is 0 Å². The van der Waals surface area contributed by atoms with Crippen molar-refractivity contribution >= 4 is 0 Å². The number of alkyl halides is 3.